The third-order valence-electron chi connectivity index (χ3n) is 6.62. The van der Waals surface area contributed by atoms with E-state index in [0.717, 1.165) is 38.2 Å². The number of ether oxygens (including phenoxy) is 1. The normalized spacial score (nSPS) is 15.1. The minimum absolute atomic E-state index is 0.0198. The zero-order valence-electron chi connectivity index (χ0n) is 22.3. The van der Waals surface area contributed by atoms with Gasteiger partial charge in [0.25, 0.3) is 0 Å². The predicted molar refractivity (Wildman–Crippen MR) is 146 cm³/mol. The number of rotatable bonds is 8. The van der Waals surface area contributed by atoms with Gasteiger partial charge in [0, 0.05) is 43.0 Å². The molecule has 0 spiro atoms. The number of nitrogens with one attached hydrogen (secondary N) is 1. The molecule has 0 atom stereocenters. The molecule has 0 bridgehead atoms. The number of benzene rings is 2. The average molecular weight is 535 g/mol. The van der Waals surface area contributed by atoms with Gasteiger partial charge < -0.3 is 20.3 Å². The summed E-state index contributed by atoms with van der Waals surface area (Å²) in [6, 6.07) is 14.7. The summed E-state index contributed by atoms with van der Waals surface area (Å²) in [5.74, 6) is 0.495. The first-order valence-electron chi connectivity index (χ1n) is 13.1. The van der Waals surface area contributed by atoms with E-state index >= 15 is 0 Å². The van der Waals surface area contributed by atoms with Gasteiger partial charge in [0.1, 0.15) is 5.69 Å². The Kier molecular flexibility index (Phi) is 7.17. The van der Waals surface area contributed by atoms with Crippen LogP contribution in [0.15, 0.2) is 70.2 Å². The minimum Gasteiger partial charge on any atom is -0.382 e. The van der Waals surface area contributed by atoms with E-state index in [2.05, 4.69) is 32.6 Å². The first-order valence-corrected chi connectivity index (χ1v) is 14.1. The maximum Gasteiger partial charge on any atom is 0.189 e. The third kappa shape index (κ3) is 5.62. The molecular weight excluding hydrogens is 502 g/mol. The number of hydrogen-bond donors (Lipinski definition) is 2. The fraction of sp³-hybridized carbons (Fsp3) is 0.321. The molecule has 2 aromatic heterocycles. The SMILES string of the molecule is [2H]c1cc(S(=O)(=O)C(C)C)ccc1-c1cnc(N)c(-c2cc(-c3ccc(CNC4CCOCC4)cc3)no2)n1. The molecule has 0 unspecified atom stereocenters. The van der Waals surface area contributed by atoms with E-state index in [0.29, 0.717) is 34.4 Å². The van der Waals surface area contributed by atoms with Crippen LogP contribution in [-0.4, -0.2) is 48.0 Å². The summed E-state index contributed by atoms with van der Waals surface area (Å²) in [4.78, 5) is 8.92. The Labute approximate surface area is 223 Å². The van der Waals surface area contributed by atoms with Crippen molar-refractivity contribution in [2.45, 2.75) is 49.4 Å². The molecule has 1 aliphatic heterocycles. The van der Waals surface area contributed by atoms with Crippen LogP contribution >= 0.6 is 0 Å². The quantitative estimate of drug-likeness (QED) is 0.335. The van der Waals surface area contributed by atoms with E-state index in [-0.39, 0.29) is 16.8 Å². The van der Waals surface area contributed by atoms with Gasteiger partial charge in [0.15, 0.2) is 27.1 Å². The van der Waals surface area contributed by atoms with Crippen molar-refractivity contribution in [1.82, 2.24) is 20.4 Å². The summed E-state index contributed by atoms with van der Waals surface area (Å²) in [6.45, 7) is 5.62. The summed E-state index contributed by atoms with van der Waals surface area (Å²) in [5, 5.41) is 7.19. The van der Waals surface area contributed by atoms with E-state index in [1.807, 2.05) is 12.1 Å². The maximum atomic E-state index is 12.5. The summed E-state index contributed by atoms with van der Waals surface area (Å²) < 4.78 is 44.4. The Balaban J connectivity index is 1.35. The second-order valence-electron chi connectivity index (χ2n) is 9.56. The van der Waals surface area contributed by atoms with Crippen LogP contribution in [0.3, 0.4) is 0 Å². The van der Waals surface area contributed by atoms with Crippen LogP contribution in [0.2, 0.25) is 0 Å². The number of anilines is 1. The second-order valence-corrected chi connectivity index (χ2v) is 12.1. The summed E-state index contributed by atoms with van der Waals surface area (Å²) in [5.41, 5.74) is 9.90. The Morgan fingerprint density at radius 2 is 1.82 bits per heavy atom. The van der Waals surface area contributed by atoms with Crippen molar-refractivity contribution >= 4 is 15.7 Å². The molecule has 5 rings (SSSR count). The fourth-order valence-corrected chi connectivity index (χ4v) is 5.23. The molecule has 1 saturated heterocycles. The molecule has 198 valence electrons. The van der Waals surface area contributed by atoms with E-state index in [1.165, 1.54) is 23.9 Å². The zero-order valence-corrected chi connectivity index (χ0v) is 22.2. The van der Waals surface area contributed by atoms with Crippen LogP contribution in [0, 0.1) is 0 Å². The maximum absolute atomic E-state index is 12.5. The topological polar surface area (TPSA) is 133 Å². The second kappa shape index (κ2) is 11.0. The van der Waals surface area contributed by atoms with Gasteiger partial charge in [0.05, 0.1) is 23.4 Å². The highest BCUT2D eigenvalue weighted by Crippen LogP contribution is 2.30. The highest BCUT2D eigenvalue weighted by molar-refractivity contribution is 7.92. The zero-order chi connectivity index (χ0) is 27.6. The van der Waals surface area contributed by atoms with Crippen LogP contribution < -0.4 is 11.1 Å². The Morgan fingerprint density at radius 3 is 2.53 bits per heavy atom. The van der Waals surface area contributed by atoms with Crippen LogP contribution in [0.5, 0.6) is 0 Å². The first kappa shape index (κ1) is 24.7. The molecule has 3 heterocycles. The van der Waals surface area contributed by atoms with Gasteiger partial charge >= 0.3 is 0 Å². The number of nitrogens with two attached hydrogens (primary N) is 1. The monoisotopic (exact) mass is 534 g/mol. The van der Waals surface area contributed by atoms with Crippen molar-refractivity contribution in [3.63, 3.8) is 0 Å². The molecule has 9 nitrogen and oxygen atoms in total. The van der Waals surface area contributed by atoms with Crippen molar-refractivity contribution in [2.24, 2.45) is 0 Å². The van der Waals surface area contributed by atoms with Crippen LogP contribution in [0.25, 0.3) is 34.0 Å². The number of sulfone groups is 1. The van der Waals surface area contributed by atoms with E-state index < -0.39 is 15.1 Å². The molecule has 0 radical (unpaired) electrons. The van der Waals surface area contributed by atoms with Gasteiger partial charge in [-0.15, -0.1) is 0 Å². The van der Waals surface area contributed by atoms with E-state index in [4.69, 9.17) is 16.4 Å². The van der Waals surface area contributed by atoms with E-state index in [9.17, 15) is 8.42 Å². The van der Waals surface area contributed by atoms with Gasteiger partial charge in [0.2, 0.25) is 0 Å². The summed E-state index contributed by atoms with van der Waals surface area (Å²) >= 11 is 0. The van der Waals surface area contributed by atoms with Crippen molar-refractivity contribution in [3.05, 3.63) is 66.3 Å². The number of nitrogen functional groups attached to an aromatic ring is 1. The Hall–Kier alpha value is -3.60. The molecule has 1 fully saturated rings. The first-order chi connectivity index (χ1) is 18.7. The van der Waals surface area contributed by atoms with Crippen LogP contribution in [0.4, 0.5) is 5.82 Å². The third-order valence-corrected chi connectivity index (χ3v) is 8.77. The lowest BCUT2D eigenvalue weighted by molar-refractivity contribution is 0.0776. The lowest BCUT2D eigenvalue weighted by Crippen LogP contribution is -2.34. The molecule has 3 N–H and O–H groups in total. The molecule has 0 aliphatic carbocycles. The molecule has 1 aliphatic rings. The number of nitrogens with zero attached hydrogens (tertiary/aromatic N) is 3. The standard InChI is InChI=1S/C28H31N5O4S/c1-18(2)38(34,35)23-9-7-21(8-10-23)25-17-31-28(29)27(32-25)26-15-24(33-37-26)20-5-3-19(4-6-20)16-30-22-11-13-36-14-12-22/h3-10,15,17-18,22,30H,11-14,16H2,1-2H3,(H2,29,31)/i7D. The highest BCUT2D eigenvalue weighted by Gasteiger charge is 2.20. The molecule has 2 aromatic carbocycles. The molecule has 0 saturated carbocycles. The highest BCUT2D eigenvalue weighted by atomic mass is 32.2. The lowest BCUT2D eigenvalue weighted by Gasteiger charge is -2.23. The summed E-state index contributed by atoms with van der Waals surface area (Å²) in [7, 11) is -3.50. The fourth-order valence-electron chi connectivity index (χ4n) is 4.21. The largest absolute Gasteiger partial charge is 0.382 e. The number of aromatic nitrogens is 3. The minimum atomic E-state index is -3.50. The van der Waals surface area contributed by atoms with Crippen molar-refractivity contribution < 1.29 is 19.0 Å². The van der Waals surface area contributed by atoms with Gasteiger partial charge in [-0.3, -0.25) is 0 Å². The van der Waals surface area contributed by atoms with Crippen LogP contribution in [-0.2, 0) is 21.1 Å². The molecule has 10 heteroatoms. The van der Waals surface area contributed by atoms with Crippen molar-refractivity contribution in [3.8, 4) is 34.0 Å². The van der Waals surface area contributed by atoms with E-state index in [1.54, 1.807) is 26.0 Å². The lowest BCUT2D eigenvalue weighted by atomic mass is 10.1. The summed E-state index contributed by atoms with van der Waals surface area (Å²) in [6.07, 6.45) is 3.51. The molecule has 38 heavy (non-hydrogen) atoms. The van der Waals surface area contributed by atoms with Crippen LogP contribution in [0.1, 0.15) is 33.6 Å². The molecule has 0 amide bonds. The van der Waals surface area contributed by atoms with Crippen molar-refractivity contribution in [1.29, 1.82) is 0 Å². The molecule has 4 aromatic rings. The average Bonchev–Trinajstić information content (AvgIpc) is 3.43. The van der Waals surface area contributed by atoms with Crippen molar-refractivity contribution in [2.75, 3.05) is 18.9 Å². The Morgan fingerprint density at radius 1 is 1.08 bits per heavy atom. The number of hydrogen-bond acceptors (Lipinski definition) is 9. The molecular formula is C28H31N5O4S. The Bertz CT molecular complexity index is 1570. The van der Waals surface area contributed by atoms with Gasteiger partial charge in [-0.1, -0.05) is 41.5 Å². The predicted octanol–water partition coefficient (Wildman–Crippen LogP) is 4.50. The van der Waals surface area contributed by atoms with Gasteiger partial charge in [-0.2, -0.15) is 0 Å². The van der Waals surface area contributed by atoms with Gasteiger partial charge in [-0.25, -0.2) is 18.4 Å². The van der Waals surface area contributed by atoms with Gasteiger partial charge in [-0.05, 0) is 44.4 Å². The smallest absolute Gasteiger partial charge is 0.189 e.